The molecule has 1 atom stereocenters. The predicted molar refractivity (Wildman–Crippen MR) is 58.2 cm³/mol. The third kappa shape index (κ3) is 1.40. The van der Waals surface area contributed by atoms with Gasteiger partial charge in [-0.1, -0.05) is 17.7 Å². The number of benzene rings is 1. The Bertz CT molecular complexity index is 401. The highest BCUT2D eigenvalue weighted by Gasteiger charge is 2.25. The lowest BCUT2D eigenvalue weighted by Gasteiger charge is -2.25. The predicted octanol–water partition coefficient (Wildman–Crippen LogP) is 3.04. The van der Waals surface area contributed by atoms with E-state index in [2.05, 4.69) is 5.32 Å². The van der Waals surface area contributed by atoms with E-state index in [0.29, 0.717) is 17.0 Å². The van der Waals surface area contributed by atoms with Crippen molar-refractivity contribution in [3.05, 3.63) is 28.3 Å². The van der Waals surface area contributed by atoms with Crippen LogP contribution in [0.15, 0.2) is 12.1 Å². The zero-order valence-electron chi connectivity index (χ0n) is 8.23. The van der Waals surface area contributed by atoms with Crippen LogP contribution in [0.4, 0.5) is 5.69 Å². The summed E-state index contributed by atoms with van der Waals surface area (Å²) in [6, 6.07) is 3.91. The highest BCUT2D eigenvalue weighted by Crippen LogP contribution is 2.33. The van der Waals surface area contributed by atoms with Gasteiger partial charge in [0.2, 0.25) is 0 Å². The molecule has 1 aliphatic rings. The Kier molecular flexibility index (Phi) is 2.23. The highest BCUT2D eigenvalue weighted by atomic mass is 35.5. The van der Waals surface area contributed by atoms with E-state index in [9.17, 15) is 4.79 Å². The lowest BCUT2D eigenvalue weighted by molar-refractivity contribution is 0.0974. The number of aryl methyl sites for hydroxylation is 1. The molecule has 1 heterocycles. The van der Waals surface area contributed by atoms with Gasteiger partial charge in [-0.05, 0) is 25.5 Å². The molecule has 1 aliphatic heterocycles. The molecule has 2 nitrogen and oxygen atoms in total. The van der Waals surface area contributed by atoms with Crippen LogP contribution in [0, 0.1) is 6.92 Å². The summed E-state index contributed by atoms with van der Waals surface area (Å²) in [6.07, 6.45) is 0.524. The number of hydrogen-bond acceptors (Lipinski definition) is 2. The molecule has 3 heteroatoms. The normalized spacial score (nSPS) is 20.2. The van der Waals surface area contributed by atoms with Crippen molar-refractivity contribution < 1.29 is 4.79 Å². The number of halogens is 1. The van der Waals surface area contributed by atoms with E-state index in [-0.39, 0.29) is 11.8 Å². The molecule has 0 saturated heterocycles. The Balaban J connectivity index is 2.63. The van der Waals surface area contributed by atoms with Crippen molar-refractivity contribution in [2.24, 2.45) is 0 Å². The summed E-state index contributed by atoms with van der Waals surface area (Å²) in [6.45, 7) is 3.98. The summed E-state index contributed by atoms with van der Waals surface area (Å²) in [5, 5.41) is 3.84. The summed E-state index contributed by atoms with van der Waals surface area (Å²) in [4.78, 5) is 11.7. The van der Waals surface area contributed by atoms with Gasteiger partial charge in [0, 0.05) is 18.2 Å². The van der Waals surface area contributed by atoms with E-state index in [1.807, 2.05) is 19.9 Å². The van der Waals surface area contributed by atoms with Gasteiger partial charge in [0.1, 0.15) is 0 Å². The number of hydrogen-bond donors (Lipinski definition) is 1. The molecule has 74 valence electrons. The largest absolute Gasteiger partial charge is 0.381 e. The van der Waals surface area contributed by atoms with Gasteiger partial charge in [0.05, 0.1) is 10.6 Å². The van der Waals surface area contributed by atoms with Crippen LogP contribution in [0.5, 0.6) is 0 Å². The van der Waals surface area contributed by atoms with Gasteiger partial charge in [0.25, 0.3) is 0 Å². The van der Waals surface area contributed by atoms with E-state index < -0.39 is 0 Å². The van der Waals surface area contributed by atoms with Crippen LogP contribution in [0.1, 0.15) is 29.3 Å². The maximum absolute atomic E-state index is 11.7. The fourth-order valence-corrected chi connectivity index (χ4v) is 2.08. The lowest BCUT2D eigenvalue weighted by Crippen LogP contribution is -2.27. The van der Waals surface area contributed by atoms with Gasteiger partial charge in [-0.2, -0.15) is 0 Å². The first-order chi connectivity index (χ1) is 6.59. The Morgan fingerprint density at radius 1 is 1.50 bits per heavy atom. The van der Waals surface area contributed by atoms with Crippen LogP contribution < -0.4 is 5.32 Å². The molecule has 0 bridgehead atoms. The first-order valence-corrected chi connectivity index (χ1v) is 5.06. The molecule has 14 heavy (non-hydrogen) atoms. The van der Waals surface area contributed by atoms with Crippen LogP contribution in [0.2, 0.25) is 5.02 Å². The van der Waals surface area contributed by atoms with Crippen LogP contribution in [-0.4, -0.2) is 11.8 Å². The van der Waals surface area contributed by atoms with Crippen molar-refractivity contribution in [3.63, 3.8) is 0 Å². The summed E-state index contributed by atoms with van der Waals surface area (Å²) >= 11 is 6.00. The van der Waals surface area contributed by atoms with E-state index in [1.54, 1.807) is 6.07 Å². The zero-order valence-corrected chi connectivity index (χ0v) is 8.98. The lowest BCUT2D eigenvalue weighted by atomic mass is 9.95. The maximum Gasteiger partial charge on any atom is 0.168 e. The summed E-state index contributed by atoms with van der Waals surface area (Å²) in [7, 11) is 0. The molecule has 0 spiro atoms. The average molecular weight is 210 g/mol. The van der Waals surface area contributed by atoms with Crippen molar-refractivity contribution in [2.45, 2.75) is 26.3 Å². The second-order valence-corrected chi connectivity index (χ2v) is 4.19. The van der Waals surface area contributed by atoms with Gasteiger partial charge in [-0.25, -0.2) is 0 Å². The number of carbonyl (C=O) groups excluding carboxylic acids is 1. The second-order valence-electron chi connectivity index (χ2n) is 3.79. The number of Topliss-reactive ketones (excluding diaryl/α,β-unsaturated/α-hetero) is 1. The number of carbonyl (C=O) groups is 1. The number of anilines is 1. The SMILES string of the molecule is Cc1ccc(Cl)c2c1NC(C)CC2=O. The monoisotopic (exact) mass is 209 g/mol. The molecule has 0 saturated carbocycles. The zero-order chi connectivity index (χ0) is 10.3. The van der Waals surface area contributed by atoms with Crippen LogP contribution in [0.3, 0.4) is 0 Å². The maximum atomic E-state index is 11.7. The third-order valence-corrected chi connectivity index (χ3v) is 2.84. The standard InChI is InChI=1S/C11H12ClNO/c1-6-3-4-8(12)10-9(14)5-7(2)13-11(6)10/h3-4,7,13H,5H2,1-2H3. The fourth-order valence-electron chi connectivity index (χ4n) is 1.82. The molecule has 0 radical (unpaired) electrons. The van der Waals surface area contributed by atoms with Gasteiger partial charge in [0.15, 0.2) is 5.78 Å². The molecular weight excluding hydrogens is 198 g/mol. The average Bonchev–Trinajstić information content (AvgIpc) is 2.10. The fraction of sp³-hybridized carbons (Fsp3) is 0.364. The van der Waals surface area contributed by atoms with Crippen molar-refractivity contribution >= 4 is 23.1 Å². The molecule has 1 unspecified atom stereocenters. The first-order valence-electron chi connectivity index (χ1n) is 4.68. The molecule has 0 amide bonds. The van der Waals surface area contributed by atoms with E-state index in [4.69, 9.17) is 11.6 Å². The molecule has 1 N–H and O–H groups in total. The summed E-state index contributed by atoms with van der Waals surface area (Å²) in [5.41, 5.74) is 2.63. The van der Waals surface area contributed by atoms with E-state index in [1.165, 1.54) is 0 Å². The molecule has 1 aromatic carbocycles. The van der Waals surface area contributed by atoms with Crippen molar-refractivity contribution in [1.82, 2.24) is 0 Å². The molecule has 0 aromatic heterocycles. The van der Waals surface area contributed by atoms with Crippen molar-refractivity contribution in [3.8, 4) is 0 Å². The Morgan fingerprint density at radius 2 is 2.21 bits per heavy atom. The first kappa shape index (κ1) is 9.53. The summed E-state index contributed by atoms with van der Waals surface area (Å²) < 4.78 is 0. The van der Waals surface area contributed by atoms with Crippen molar-refractivity contribution in [2.75, 3.05) is 5.32 Å². The second kappa shape index (κ2) is 3.28. The van der Waals surface area contributed by atoms with Gasteiger partial charge >= 0.3 is 0 Å². The third-order valence-electron chi connectivity index (χ3n) is 2.52. The van der Waals surface area contributed by atoms with Crippen LogP contribution in [0.25, 0.3) is 0 Å². The van der Waals surface area contributed by atoms with Crippen LogP contribution >= 0.6 is 11.6 Å². The Hall–Kier alpha value is -1.02. The number of rotatable bonds is 0. The molecule has 0 fully saturated rings. The minimum absolute atomic E-state index is 0.139. The molecule has 1 aromatic rings. The minimum atomic E-state index is 0.139. The summed E-state index contributed by atoms with van der Waals surface area (Å²) in [5.74, 6) is 0.139. The highest BCUT2D eigenvalue weighted by molar-refractivity contribution is 6.35. The minimum Gasteiger partial charge on any atom is -0.381 e. The number of nitrogens with one attached hydrogen (secondary N) is 1. The van der Waals surface area contributed by atoms with Crippen LogP contribution in [-0.2, 0) is 0 Å². The molecule has 2 rings (SSSR count). The quantitative estimate of drug-likeness (QED) is 0.712. The van der Waals surface area contributed by atoms with Gasteiger partial charge < -0.3 is 5.32 Å². The molecule has 0 aliphatic carbocycles. The van der Waals surface area contributed by atoms with Gasteiger partial charge in [-0.3, -0.25) is 4.79 Å². The topological polar surface area (TPSA) is 29.1 Å². The molecular formula is C11H12ClNO. The smallest absolute Gasteiger partial charge is 0.168 e. The Morgan fingerprint density at radius 3 is 2.93 bits per heavy atom. The van der Waals surface area contributed by atoms with E-state index in [0.717, 1.165) is 11.3 Å². The van der Waals surface area contributed by atoms with Crippen molar-refractivity contribution in [1.29, 1.82) is 0 Å². The Labute approximate surface area is 88.3 Å². The number of fused-ring (bicyclic) bond motifs is 1. The van der Waals surface area contributed by atoms with E-state index >= 15 is 0 Å². The van der Waals surface area contributed by atoms with Gasteiger partial charge in [-0.15, -0.1) is 0 Å². The number of ketones is 1.